The molecule has 2 aliphatic carbocycles. The van der Waals surface area contributed by atoms with Gasteiger partial charge in [-0.15, -0.1) is 11.6 Å². The van der Waals surface area contributed by atoms with Crippen molar-refractivity contribution in [2.45, 2.75) is 50.3 Å². The molecule has 0 spiro atoms. The summed E-state index contributed by atoms with van der Waals surface area (Å²) in [5.74, 6) is 0. The van der Waals surface area contributed by atoms with Gasteiger partial charge in [-0.2, -0.15) is 0 Å². The zero-order valence-corrected chi connectivity index (χ0v) is 10.2. The van der Waals surface area contributed by atoms with Gasteiger partial charge in [0, 0.05) is 0 Å². The van der Waals surface area contributed by atoms with E-state index in [0.717, 1.165) is 6.42 Å². The molecular formula is C14H17Cl. The Kier molecular flexibility index (Phi) is 1.95. The number of hydrogen-bond acceptors (Lipinski definition) is 0. The largest absolute Gasteiger partial charge is 0.118 e. The third kappa shape index (κ3) is 1.34. The van der Waals surface area contributed by atoms with Crippen LogP contribution in [0.25, 0.3) is 0 Å². The van der Waals surface area contributed by atoms with Crippen LogP contribution in [0.5, 0.6) is 0 Å². The Bertz CT molecular complexity index is 418. The Labute approximate surface area is 96.6 Å². The van der Waals surface area contributed by atoms with E-state index in [2.05, 4.69) is 26.0 Å². The summed E-state index contributed by atoms with van der Waals surface area (Å²) in [6, 6.07) is 4.81. The Balaban J connectivity index is 2.20. The van der Waals surface area contributed by atoms with Crippen LogP contribution in [0.1, 0.15) is 54.3 Å². The topological polar surface area (TPSA) is 0 Å². The van der Waals surface area contributed by atoms with Crippen LogP contribution < -0.4 is 0 Å². The van der Waals surface area contributed by atoms with E-state index in [1.807, 2.05) is 0 Å². The normalized spacial score (nSPS) is 26.5. The Morgan fingerprint density at radius 1 is 1.20 bits per heavy atom. The lowest BCUT2D eigenvalue weighted by atomic mass is 9.85. The minimum absolute atomic E-state index is 0.237. The van der Waals surface area contributed by atoms with Gasteiger partial charge in [-0.3, -0.25) is 0 Å². The standard InChI is InChI=1S/C14H17Cl/c1-14(2)8-13(15)11-6-9-4-3-5-10(9)7-12(11)14/h6-7,13H,3-5,8H2,1-2H3. The van der Waals surface area contributed by atoms with Crippen LogP contribution in [0.4, 0.5) is 0 Å². The molecule has 0 bridgehead atoms. The van der Waals surface area contributed by atoms with Gasteiger partial charge >= 0.3 is 0 Å². The van der Waals surface area contributed by atoms with Gasteiger partial charge in [0.15, 0.2) is 0 Å². The highest BCUT2D eigenvalue weighted by Gasteiger charge is 2.36. The lowest BCUT2D eigenvalue weighted by Gasteiger charge is -2.19. The lowest BCUT2D eigenvalue weighted by molar-refractivity contribution is 0.516. The van der Waals surface area contributed by atoms with Gasteiger partial charge in [0.05, 0.1) is 5.38 Å². The molecule has 0 fully saturated rings. The summed E-state index contributed by atoms with van der Waals surface area (Å²) in [4.78, 5) is 0. The van der Waals surface area contributed by atoms with Gasteiger partial charge in [0.1, 0.15) is 0 Å². The molecule has 0 aromatic heterocycles. The first-order valence-electron chi connectivity index (χ1n) is 5.88. The monoisotopic (exact) mass is 220 g/mol. The number of aryl methyl sites for hydroxylation is 2. The lowest BCUT2D eigenvalue weighted by Crippen LogP contribution is -2.12. The highest BCUT2D eigenvalue weighted by atomic mass is 35.5. The fourth-order valence-electron chi connectivity index (χ4n) is 3.16. The summed E-state index contributed by atoms with van der Waals surface area (Å²) in [5, 5.41) is 0.237. The molecular weight excluding hydrogens is 204 g/mol. The SMILES string of the molecule is CC1(C)CC(Cl)c2cc3c(cc21)CCC3. The van der Waals surface area contributed by atoms with Gasteiger partial charge in [0.25, 0.3) is 0 Å². The summed E-state index contributed by atoms with van der Waals surface area (Å²) in [5.41, 5.74) is 6.31. The third-order valence-corrected chi connectivity index (χ3v) is 4.41. The van der Waals surface area contributed by atoms with Crippen molar-refractivity contribution in [1.82, 2.24) is 0 Å². The molecule has 0 radical (unpaired) electrons. The molecule has 0 heterocycles. The van der Waals surface area contributed by atoms with Gasteiger partial charge in [-0.1, -0.05) is 26.0 Å². The molecule has 15 heavy (non-hydrogen) atoms. The Morgan fingerprint density at radius 3 is 2.60 bits per heavy atom. The van der Waals surface area contributed by atoms with Crippen molar-refractivity contribution in [3.63, 3.8) is 0 Å². The molecule has 2 aliphatic rings. The summed E-state index contributed by atoms with van der Waals surface area (Å²) >= 11 is 6.43. The molecule has 0 nitrogen and oxygen atoms in total. The second-order valence-electron chi connectivity index (χ2n) is 5.62. The van der Waals surface area contributed by atoms with Gasteiger partial charge < -0.3 is 0 Å². The highest BCUT2D eigenvalue weighted by Crippen LogP contribution is 2.49. The number of rotatable bonds is 0. The molecule has 1 heteroatoms. The average Bonchev–Trinajstić information content (AvgIpc) is 2.68. The molecule has 1 aromatic rings. The van der Waals surface area contributed by atoms with Crippen LogP contribution in [0.15, 0.2) is 12.1 Å². The van der Waals surface area contributed by atoms with E-state index in [0.29, 0.717) is 0 Å². The van der Waals surface area contributed by atoms with E-state index in [9.17, 15) is 0 Å². The van der Waals surface area contributed by atoms with E-state index in [4.69, 9.17) is 11.6 Å². The molecule has 0 aliphatic heterocycles. The van der Waals surface area contributed by atoms with Gasteiger partial charge in [-0.25, -0.2) is 0 Å². The van der Waals surface area contributed by atoms with E-state index < -0.39 is 0 Å². The fourth-order valence-corrected chi connectivity index (χ4v) is 3.72. The van der Waals surface area contributed by atoms with E-state index >= 15 is 0 Å². The number of hydrogen-bond donors (Lipinski definition) is 0. The van der Waals surface area contributed by atoms with Crippen molar-refractivity contribution < 1.29 is 0 Å². The molecule has 0 amide bonds. The zero-order valence-electron chi connectivity index (χ0n) is 9.44. The predicted molar refractivity (Wildman–Crippen MR) is 64.7 cm³/mol. The van der Waals surface area contributed by atoms with E-state index in [1.165, 1.54) is 30.4 Å². The highest BCUT2D eigenvalue weighted by molar-refractivity contribution is 6.21. The van der Waals surface area contributed by atoms with Crippen LogP contribution >= 0.6 is 11.6 Å². The van der Waals surface area contributed by atoms with E-state index in [-0.39, 0.29) is 10.8 Å². The fraction of sp³-hybridized carbons (Fsp3) is 0.571. The molecule has 1 aromatic carbocycles. The number of alkyl halides is 1. The van der Waals surface area contributed by atoms with Crippen molar-refractivity contribution in [1.29, 1.82) is 0 Å². The maximum absolute atomic E-state index is 6.43. The Morgan fingerprint density at radius 2 is 1.87 bits per heavy atom. The first-order chi connectivity index (χ1) is 7.08. The summed E-state index contributed by atoms with van der Waals surface area (Å²) < 4.78 is 0. The smallest absolute Gasteiger partial charge is 0.0596 e. The third-order valence-electron chi connectivity index (χ3n) is 4.02. The van der Waals surface area contributed by atoms with Crippen molar-refractivity contribution in [3.05, 3.63) is 34.4 Å². The number of benzene rings is 1. The average molecular weight is 221 g/mol. The van der Waals surface area contributed by atoms with Crippen molar-refractivity contribution in [2.24, 2.45) is 0 Å². The van der Waals surface area contributed by atoms with Crippen LogP contribution in [0.3, 0.4) is 0 Å². The van der Waals surface area contributed by atoms with Crippen molar-refractivity contribution >= 4 is 11.6 Å². The quantitative estimate of drug-likeness (QED) is 0.577. The predicted octanol–water partition coefficient (Wildman–Crippen LogP) is 4.14. The zero-order chi connectivity index (χ0) is 10.6. The molecule has 0 saturated heterocycles. The molecule has 3 rings (SSSR count). The second kappa shape index (κ2) is 3.01. The van der Waals surface area contributed by atoms with Gasteiger partial charge in [0.2, 0.25) is 0 Å². The van der Waals surface area contributed by atoms with Crippen molar-refractivity contribution in [2.75, 3.05) is 0 Å². The van der Waals surface area contributed by atoms with Crippen LogP contribution in [0, 0.1) is 0 Å². The minimum atomic E-state index is 0.237. The maximum atomic E-state index is 6.43. The summed E-state index contributed by atoms with van der Waals surface area (Å²) in [6.45, 7) is 4.63. The summed E-state index contributed by atoms with van der Waals surface area (Å²) in [7, 11) is 0. The van der Waals surface area contributed by atoms with Gasteiger partial charge in [-0.05, 0) is 53.4 Å². The molecule has 0 saturated carbocycles. The number of halogens is 1. The second-order valence-corrected chi connectivity index (χ2v) is 6.14. The molecule has 1 atom stereocenters. The first kappa shape index (κ1) is 9.72. The molecule has 0 N–H and O–H groups in total. The van der Waals surface area contributed by atoms with E-state index in [1.54, 1.807) is 11.1 Å². The van der Waals surface area contributed by atoms with Crippen LogP contribution in [0.2, 0.25) is 0 Å². The Hall–Kier alpha value is -0.490. The van der Waals surface area contributed by atoms with Crippen LogP contribution in [-0.4, -0.2) is 0 Å². The first-order valence-corrected chi connectivity index (χ1v) is 6.32. The maximum Gasteiger partial charge on any atom is 0.0596 e. The minimum Gasteiger partial charge on any atom is -0.118 e. The molecule has 80 valence electrons. The van der Waals surface area contributed by atoms with Crippen molar-refractivity contribution in [3.8, 4) is 0 Å². The molecule has 1 unspecified atom stereocenters. The number of fused-ring (bicyclic) bond motifs is 2. The van der Waals surface area contributed by atoms with Crippen LogP contribution in [-0.2, 0) is 18.3 Å². The summed E-state index contributed by atoms with van der Waals surface area (Å²) in [6.07, 6.45) is 4.94.